The fourth-order valence-electron chi connectivity index (χ4n) is 1.58. The molecule has 2 N–H and O–H groups in total. The van der Waals surface area contributed by atoms with E-state index in [1.54, 1.807) is 7.11 Å². The Kier molecular flexibility index (Phi) is 2.47. The van der Waals surface area contributed by atoms with Gasteiger partial charge in [0.15, 0.2) is 0 Å². The second-order valence-electron chi connectivity index (χ2n) is 3.12. The molecule has 0 amide bonds. The third kappa shape index (κ3) is 1.54. The number of thioether (sulfide) groups is 1. The van der Waals surface area contributed by atoms with Crippen LogP contribution >= 0.6 is 11.8 Å². The number of methoxy groups -OCH3 is 1. The molecule has 1 heterocycles. The van der Waals surface area contributed by atoms with Crippen molar-refractivity contribution >= 4 is 11.8 Å². The van der Waals surface area contributed by atoms with Gasteiger partial charge in [-0.1, -0.05) is 12.1 Å². The molecular weight excluding hydrogens is 182 g/mol. The number of ether oxygens (including phenoxy) is 1. The largest absolute Gasteiger partial charge is 0.496 e. The minimum Gasteiger partial charge on any atom is -0.496 e. The molecule has 13 heavy (non-hydrogen) atoms. The van der Waals surface area contributed by atoms with E-state index in [1.807, 2.05) is 23.9 Å². The van der Waals surface area contributed by atoms with Gasteiger partial charge in [-0.2, -0.15) is 0 Å². The van der Waals surface area contributed by atoms with Gasteiger partial charge in [-0.3, -0.25) is 0 Å². The summed E-state index contributed by atoms with van der Waals surface area (Å²) in [5.41, 5.74) is 7.23. The van der Waals surface area contributed by atoms with Crippen molar-refractivity contribution in [1.82, 2.24) is 0 Å². The SMILES string of the molecule is COc1cccc2c1SCCC2N. The molecule has 1 atom stereocenters. The third-order valence-corrected chi connectivity index (χ3v) is 3.47. The summed E-state index contributed by atoms with van der Waals surface area (Å²) in [4.78, 5) is 1.23. The molecule has 0 aromatic heterocycles. The van der Waals surface area contributed by atoms with Crippen LogP contribution in [0.15, 0.2) is 23.1 Å². The molecule has 2 rings (SSSR count). The maximum Gasteiger partial charge on any atom is 0.132 e. The van der Waals surface area contributed by atoms with Crippen LogP contribution in [0.5, 0.6) is 5.75 Å². The summed E-state index contributed by atoms with van der Waals surface area (Å²) >= 11 is 1.84. The summed E-state index contributed by atoms with van der Waals surface area (Å²) in [7, 11) is 1.70. The summed E-state index contributed by atoms with van der Waals surface area (Å²) in [6, 6.07) is 6.27. The van der Waals surface area contributed by atoms with Gasteiger partial charge < -0.3 is 10.5 Å². The topological polar surface area (TPSA) is 35.2 Å². The normalized spacial score (nSPS) is 20.9. The van der Waals surface area contributed by atoms with Crippen LogP contribution in [0.25, 0.3) is 0 Å². The van der Waals surface area contributed by atoms with E-state index in [4.69, 9.17) is 10.5 Å². The van der Waals surface area contributed by atoms with Gasteiger partial charge in [-0.15, -0.1) is 11.8 Å². The van der Waals surface area contributed by atoms with Gasteiger partial charge in [-0.05, 0) is 23.8 Å². The van der Waals surface area contributed by atoms with E-state index in [2.05, 4.69) is 6.07 Å². The van der Waals surface area contributed by atoms with Crippen LogP contribution in [0.4, 0.5) is 0 Å². The lowest BCUT2D eigenvalue weighted by Gasteiger charge is -2.23. The second-order valence-corrected chi connectivity index (χ2v) is 4.23. The van der Waals surface area contributed by atoms with Gasteiger partial charge in [0.25, 0.3) is 0 Å². The van der Waals surface area contributed by atoms with Crippen molar-refractivity contribution in [2.45, 2.75) is 17.4 Å². The lowest BCUT2D eigenvalue weighted by atomic mass is 10.0. The molecule has 0 aliphatic carbocycles. The van der Waals surface area contributed by atoms with Gasteiger partial charge in [-0.25, -0.2) is 0 Å². The van der Waals surface area contributed by atoms with Crippen molar-refractivity contribution in [3.05, 3.63) is 23.8 Å². The van der Waals surface area contributed by atoms with Crippen LogP contribution in [-0.2, 0) is 0 Å². The minimum absolute atomic E-state index is 0.186. The molecule has 0 spiro atoms. The molecule has 0 bridgehead atoms. The number of benzene rings is 1. The van der Waals surface area contributed by atoms with Gasteiger partial charge in [0.1, 0.15) is 5.75 Å². The van der Waals surface area contributed by atoms with Crippen molar-refractivity contribution in [2.24, 2.45) is 5.73 Å². The molecule has 3 heteroatoms. The van der Waals surface area contributed by atoms with Gasteiger partial charge >= 0.3 is 0 Å². The van der Waals surface area contributed by atoms with Crippen LogP contribution in [0.2, 0.25) is 0 Å². The van der Waals surface area contributed by atoms with Gasteiger partial charge in [0.2, 0.25) is 0 Å². The number of hydrogen-bond acceptors (Lipinski definition) is 3. The average molecular weight is 195 g/mol. The zero-order valence-electron chi connectivity index (χ0n) is 7.62. The van der Waals surface area contributed by atoms with Crippen LogP contribution < -0.4 is 10.5 Å². The first-order valence-corrected chi connectivity index (χ1v) is 5.37. The maximum absolute atomic E-state index is 6.00. The Balaban J connectivity index is 2.48. The smallest absolute Gasteiger partial charge is 0.132 e. The molecule has 0 saturated heterocycles. The van der Waals surface area contributed by atoms with E-state index < -0.39 is 0 Å². The highest BCUT2D eigenvalue weighted by Gasteiger charge is 2.19. The highest BCUT2D eigenvalue weighted by Crippen LogP contribution is 2.40. The Morgan fingerprint density at radius 1 is 1.54 bits per heavy atom. The Morgan fingerprint density at radius 3 is 3.15 bits per heavy atom. The zero-order chi connectivity index (χ0) is 9.26. The van der Waals surface area contributed by atoms with Crippen molar-refractivity contribution in [1.29, 1.82) is 0 Å². The summed E-state index contributed by atoms with van der Waals surface area (Å²) in [6.07, 6.45) is 1.06. The van der Waals surface area contributed by atoms with E-state index in [-0.39, 0.29) is 6.04 Å². The first-order chi connectivity index (χ1) is 6.33. The molecule has 0 radical (unpaired) electrons. The van der Waals surface area contributed by atoms with Crippen molar-refractivity contribution < 1.29 is 4.74 Å². The first-order valence-electron chi connectivity index (χ1n) is 4.38. The quantitative estimate of drug-likeness (QED) is 0.746. The molecular formula is C10H13NOS. The standard InChI is InChI=1S/C10H13NOS/c1-12-9-4-2-3-7-8(11)5-6-13-10(7)9/h2-4,8H,5-6,11H2,1H3. The monoisotopic (exact) mass is 195 g/mol. The molecule has 1 unspecified atom stereocenters. The third-order valence-electron chi connectivity index (χ3n) is 2.30. The fraction of sp³-hybridized carbons (Fsp3) is 0.400. The van der Waals surface area contributed by atoms with Gasteiger partial charge in [0.05, 0.1) is 12.0 Å². The average Bonchev–Trinajstić information content (AvgIpc) is 2.18. The second kappa shape index (κ2) is 3.60. The van der Waals surface area contributed by atoms with Crippen molar-refractivity contribution in [3.8, 4) is 5.75 Å². The Bertz CT molecular complexity index is 314. The summed E-state index contributed by atoms with van der Waals surface area (Å²) in [5, 5.41) is 0. The number of nitrogens with two attached hydrogens (primary N) is 1. The van der Waals surface area contributed by atoms with Gasteiger partial charge in [0, 0.05) is 6.04 Å². The molecule has 0 fully saturated rings. The minimum atomic E-state index is 0.186. The number of hydrogen-bond donors (Lipinski definition) is 1. The molecule has 70 valence electrons. The molecule has 1 aromatic carbocycles. The van der Waals surface area contributed by atoms with Crippen molar-refractivity contribution in [3.63, 3.8) is 0 Å². The maximum atomic E-state index is 6.00. The predicted molar refractivity (Wildman–Crippen MR) is 55.3 cm³/mol. The predicted octanol–water partition coefficient (Wildman–Crippen LogP) is 2.19. The van der Waals surface area contributed by atoms with Crippen LogP contribution in [0.1, 0.15) is 18.0 Å². The molecule has 1 aliphatic heterocycles. The van der Waals surface area contributed by atoms with E-state index >= 15 is 0 Å². The van der Waals surface area contributed by atoms with E-state index in [0.29, 0.717) is 0 Å². The van der Waals surface area contributed by atoms with Crippen molar-refractivity contribution in [2.75, 3.05) is 12.9 Å². The molecule has 0 saturated carbocycles. The van der Waals surface area contributed by atoms with Crippen LogP contribution in [-0.4, -0.2) is 12.9 Å². The summed E-state index contributed by atoms with van der Waals surface area (Å²) < 4.78 is 5.28. The molecule has 1 aliphatic rings. The highest BCUT2D eigenvalue weighted by molar-refractivity contribution is 7.99. The lowest BCUT2D eigenvalue weighted by Crippen LogP contribution is -2.16. The summed E-state index contributed by atoms with van der Waals surface area (Å²) in [5.74, 6) is 2.05. The first kappa shape index (κ1) is 8.91. The number of rotatable bonds is 1. The van der Waals surface area contributed by atoms with E-state index in [9.17, 15) is 0 Å². The Morgan fingerprint density at radius 2 is 2.38 bits per heavy atom. The Labute approximate surface area is 82.5 Å². The molecule has 1 aromatic rings. The number of fused-ring (bicyclic) bond motifs is 1. The Hall–Kier alpha value is -0.670. The molecule has 2 nitrogen and oxygen atoms in total. The lowest BCUT2D eigenvalue weighted by molar-refractivity contribution is 0.402. The zero-order valence-corrected chi connectivity index (χ0v) is 8.43. The van der Waals surface area contributed by atoms with Crippen LogP contribution in [0.3, 0.4) is 0 Å². The van der Waals surface area contributed by atoms with E-state index in [0.717, 1.165) is 17.9 Å². The summed E-state index contributed by atoms with van der Waals surface area (Å²) in [6.45, 7) is 0. The van der Waals surface area contributed by atoms with Crippen LogP contribution in [0, 0.1) is 0 Å². The highest BCUT2D eigenvalue weighted by atomic mass is 32.2. The van der Waals surface area contributed by atoms with E-state index in [1.165, 1.54) is 10.5 Å². The fourth-order valence-corrected chi connectivity index (χ4v) is 2.84.